The van der Waals surface area contributed by atoms with Crippen LogP contribution in [-0.2, 0) is 9.53 Å². The Hall–Kier alpha value is -1.30. The van der Waals surface area contributed by atoms with E-state index in [9.17, 15) is 14.7 Å². The van der Waals surface area contributed by atoms with Crippen molar-refractivity contribution in [3.05, 3.63) is 0 Å². The number of hydrogen-bond donors (Lipinski definition) is 2. The van der Waals surface area contributed by atoms with Gasteiger partial charge in [0.25, 0.3) is 0 Å². The highest BCUT2D eigenvalue weighted by Crippen LogP contribution is 2.48. The minimum Gasteiger partial charge on any atom is -0.481 e. The lowest BCUT2D eigenvalue weighted by molar-refractivity contribution is -0.149. The van der Waals surface area contributed by atoms with E-state index in [2.05, 4.69) is 26.1 Å². The van der Waals surface area contributed by atoms with Crippen LogP contribution in [0.4, 0.5) is 4.79 Å². The molecular formula is C19H32N2O4. The molecule has 2 N–H and O–H groups in total. The molecule has 0 aromatic heterocycles. The molecule has 2 aliphatic carbocycles. The average molecular weight is 352 g/mol. The molecule has 0 bridgehead atoms. The average Bonchev–Trinajstić information content (AvgIpc) is 3.00. The van der Waals surface area contributed by atoms with Crippen LogP contribution in [0.1, 0.15) is 59.3 Å². The van der Waals surface area contributed by atoms with Crippen LogP contribution < -0.4 is 5.32 Å². The maximum Gasteiger partial charge on any atom is 0.317 e. The first-order valence-corrected chi connectivity index (χ1v) is 9.63. The summed E-state index contributed by atoms with van der Waals surface area (Å²) in [7, 11) is 0. The monoisotopic (exact) mass is 352 g/mol. The van der Waals surface area contributed by atoms with Crippen LogP contribution in [-0.4, -0.2) is 53.3 Å². The van der Waals surface area contributed by atoms with Gasteiger partial charge in [0.05, 0.1) is 17.1 Å². The zero-order valence-electron chi connectivity index (χ0n) is 15.7. The molecule has 3 aliphatic rings. The largest absolute Gasteiger partial charge is 0.481 e. The third kappa shape index (κ3) is 3.94. The van der Waals surface area contributed by atoms with E-state index < -0.39 is 11.4 Å². The van der Waals surface area contributed by atoms with Crippen molar-refractivity contribution in [2.24, 2.45) is 17.3 Å². The molecule has 1 aliphatic heterocycles. The fraction of sp³-hybridized carbons (Fsp3) is 0.895. The Morgan fingerprint density at radius 2 is 2.04 bits per heavy atom. The van der Waals surface area contributed by atoms with Crippen molar-refractivity contribution in [3.8, 4) is 0 Å². The molecule has 6 nitrogen and oxygen atoms in total. The molecule has 0 radical (unpaired) electrons. The number of nitrogens with zero attached hydrogens (tertiary/aromatic N) is 1. The third-order valence-electron chi connectivity index (χ3n) is 6.13. The van der Waals surface area contributed by atoms with Crippen molar-refractivity contribution < 1.29 is 19.4 Å². The number of nitrogens with one attached hydrogen (secondary N) is 1. The molecule has 0 aromatic carbocycles. The van der Waals surface area contributed by atoms with Gasteiger partial charge >= 0.3 is 12.0 Å². The van der Waals surface area contributed by atoms with Gasteiger partial charge in [-0.2, -0.15) is 0 Å². The SMILES string of the molecule is CC(C)(C)OC1CC(CCNC(=O)N2C[C@@H]3CCC[C@@]3(C(=O)O)C2)C1. The third-order valence-corrected chi connectivity index (χ3v) is 6.13. The fourth-order valence-electron chi connectivity index (χ4n) is 4.80. The number of aliphatic carboxylic acids is 1. The number of carbonyl (C=O) groups is 2. The Kier molecular flexibility index (Phi) is 5.02. The number of amides is 2. The molecule has 2 amide bonds. The van der Waals surface area contributed by atoms with Crippen molar-refractivity contribution in [2.75, 3.05) is 19.6 Å². The van der Waals surface area contributed by atoms with E-state index in [0.717, 1.165) is 32.1 Å². The predicted octanol–water partition coefficient (Wildman–Crippen LogP) is 2.87. The zero-order chi connectivity index (χ0) is 18.2. The second-order valence-electron chi connectivity index (χ2n) is 9.14. The number of hydrogen-bond acceptors (Lipinski definition) is 3. The second-order valence-corrected chi connectivity index (χ2v) is 9.14. The van der Waals surface area contributed by atoms with Crippen molar-refractivity contribution in [2.45, 2.75) is 71.0 Å². The van der Waals surface area contributed by atoms with E-state index in [1.807, 2.05) is 0 Å². The van der Waals surface area contributed by atoms with Gasteiger partial charge in [0, 0.05) is 19.6 Å². The molecule has 3 rings (SSSR count). The smallest absolute Gasteiger partial charge is 0.317 e. The Balaban J connectivity index is 1.37. The lowest BCUT2D eigenvalue weighted by Crippen LogP contribution is -2.43. The van der Waals surface area contributed by atoms with Gasteiger partial charge in [-0.3, -0.25) is 4.79 Å². The molecule has 1 heterocycles. The number of ether oxygens (including phenoxy) is 1. The number of carboxylic acid groups (broad SMARTS) is 1. The van der Waals surface area contributed by atoms with Gasteiger partial charge in [0.2, 0.25) is 0 Å². The first kappa shape index (κ1) is 18.5. The summed E-state index contributed by atoms with van der Waals surface area (Å²) < 4.78 is 5.94. The molecule has 0 spiro atoms. The summed E-state index contributed by atoms with van der Waals surface area (Å²) in [6.45, 7) is 7.85. The highest BCUT2D eigenvalue weighted by molar-refractivity contribution is 5.80. The van der Waals surface area contributed by atoms with Crippen molar-refractivity contribution >= 4 is 12.0 Å². The number of urea groups is 1. The molecule has 2 saturated carbocycles. The summed E-state index contributed by atoms with van der Waals surface area (Å²) in [5.41, 5.74) is -0.777. The van der Waals surface area contributed by atoms with Crippen LogP contribution in [0.5, 0.6) is 0 Å². The van der Waals surface area contributed by atoms with Gasteiger partial charge in [-0.05, 0) is 64.7 Å². The summed E-state index contributed by atoms with van der Waals surface area (Å²) in [5, 5.41) is 12.6. The zero-order valence-corrected chi connectivity index (χ0v) is 15.7. The van der Waals surface area contributed by atoms with Gasteiger partial charge in [-0.15, -0.1) is 0 Å². The standard InChI is InChI=1S/C19H32N2O4/c1-18(2,3)25-15-9-13(10-15)6-8-20-17(24)21-11-14-5-4-7-19(14,12-21)16(22)23/h13-15H,4-12H2,1-3H3,(H,20,24)(H,22,23)/t13?,14-,15?,19+/m0/s1. The Morgan fingerprint density at radius 1 is 1.32 bits per heavy atom. The second kappa shape index (κ2) is 6.78. The number of fused-ring (bicyclic) bond motifs is 1. The summed E-state index contributed by atoms with van der Waals surface area (Å²) >= 11 is 0. The maximum absolute atomic E-state index is 12.4. The van der Waals surface area contributed by atoms with E-state index in [4.69, 9.17) is 4.74 Å². The first-order valence-electron chi connectivity index (χ1n) is 9.63. The number of carboxylic acids is 1. The minimum absolute atomic E-state index is 0.0855. The molecular weight excluding hydrogens is 320 g/mol. The summed E-state index contributed by atoms with van der Waals surface area (Å²) in [4.78, 5) is 25.8. The molecule has 0 aromatic rings. The topological polar surface area (TPSA) is 78.9 Å². The van der Waals surface area contributed by atoms with Crippen LogP contribution in [0.25, 0.3) is 0 Å². The van der Waals surface area contributed by atoms with E-state index >= 15 is 0 Å². The summed E-state index contributed by atoms with van der Waals surface area (Å²) in [6, 6.07) is -0.100. The summed E-state index contributed by atoms with van der Waals surface area (Å²) in [6.07, 6.45) is 6.06. The number of likely N-dealkylation sites (tertiary alicyclic amines) is 1. The highest BCUT2D eigenvalue weighted by Gasteiger charge is 2.55. The van der Waals surface area contributed by atoms with Gasteiger partial charge in [0.15, 0.2) is 0 Å². The van der Waals surface area contributed by atoms with Crippen LogP contribution in [0.15, 0.2) is 0 Å². The summed E-state index contributed by atoms with van der Waals surface area (Å²) in [5.74, 6) is 0.0123. The Morgan fingerprint density at radius 3 is 2.64 bits per heavy atom. The van der Waals surface area contributed by atoms with Crippen LogP contribution >= 0.6 is 0 Å². The van der Waals surface area contributed by atoms with Crippen LogP contribution in [0.3, 0.4) is 0 Å². The highest BCUT2D eigenvalue weighted by atomic mass is 16.5. The molecule has 1 saturated heterocycles. The van der Waals surface area contributed by atoms with Crippen molar-refractivity contribution in [1.29, 1.82) is 0 Å². The molecule has 25 heavy (non-hydrogen) atoms. The maximum atomic E-state index is 12.4. The predicted molar refractivity (Wildman–Crippen MR) is 94.3 cm³/mol. The molecule has 3 fully saturated rings. The van der Waals surface area contributed by atoms with Crippen LogP contribution in [0, 0.1) is 17.3 Å². The fourth-order valence-corrected chi connectivity index (χ4v) is 4.80. The number of carbonyl (C=O) groups excluding carboxylic acids is 1. The lowest BCUT2D eigenvalue weighted by Gasteiger charge is -2.39. The molecule has 142 valence electrons. The van der Waals surface area contributed by atoms with Gasteiger partial charge in [-0.25, -0.2) is 4.79 Å². The van der Waals surface area contributed by atoms with Gasteiger partial charge in [0.1, 0.15) is 0 Å². The van der Waals surface area contributed by atoms with Crippen LogP contribution in [0.2, 0.25) is 0 Å². The molecule has 2 atom stereocenters. The Bertz CT molecular complexity index is 524. The van der Waals surface area contributed by atoms with Crippen molar-refractivity contribution in [1.82, 2.24) is 10.2 Å². The van der Waals surface area contributed by atoms with Crippen molar-refractivity contribution in [3.63, 3.8) is 0 Å². The van der Waals surface area contributed by atoms with E-state index in [-0.39, 0.29) is 17.6 Å². The minimum atomic E-state index is -0.732. The van der Waals surface area contributed by atoms with E-state index in [0.29, 0.717) is 38.1 Å². The normalized spacial score (nSPS) is 34.5. The van der Waals surface area contributed by atoms with Gasteiger partial charge < -0.3 is 20.1 Å². The molecule has 6 heteroatoms. The Labute approximate surface area is 150 Å². The lowest BCUT2D eigenvalue weighted by atomic mass is 9.79. The van der Waals surface area contributed by atoms with E-state index in [1.165, 1.54) is 0 Å². The molecule has 0 unspecified atom stereocenters. The van der Waals surface area contributed by atoms with Gasteiger partial charge in [-0.1, -0.05) is 6.42 Å². The number of rotatable bonds is 5. The first-order chi connectivity index (χ1) is 11.7. The van der Waals surface area contributed by atoms with E-state index in [1.54, 1.807) is 4.90 Å². The quantitative estimate of drug-likeness (QED) is 0.797.